The van der Waals surface area contributed by atoms with E-state index in [1.54, 1.807) is 0 Å². The van der Waals surface area contributed by atoms with Crippen LogP contribution in [0.5, 0.6) is 0 Å². The molecule has 0 radical (unpaired) electrons. The second-order valence-electron chi connectivity index (χ2n) is 4.47. The first-order valence-electron chi connectivity index (χ1n) is 4.75. The third-order valence-electron chi connectivity index (χ3n) is 3.91. The van der Waals surface area contributed by atoms with Crippen LogP contribution in [0.25, 0.3) is 0 Å². The highest BCUT2D eigenvalue weighted by molar-refractivity contribution is 5.77. The summed E-state index contributed by atoms with van der Waals surface area (Å²) in [7, 11) is 1.96. The summed E-state index contributed by atoms with van der Waals surface area (Å²) in [6.07, 6.45) is 3.94. The molecule has 1 atom stereocenters. The molecule has 3 nitrogen and oxygen atoms in total. The number of carbonyl (C=O) groups excluding carboxylic acids is 1. The second kappa shape index (κ2) is 1.78. The summed E-state index contributed by atoms with van der Waals surface area (Å²) in [5, 5.41) is 0. The van der Waals surface area contributed by atoms with Crippen LogP contribution in [0.4, 0.5) is 4.79 Å². The standard InChI is InChI=1S/C9H14N2O/c1-10-7-6-11(8(10)12)5-4-9(7)2-3-9/h7H,2-6H2,1H3/t7-/m1/s1. The fraction of sp³-hybridized carbons (Fsp3) is 0.889. The van der Waals surface area contributed by atoms with Gasteiger partial charge < -0.3 is 9.80 Å². The van der Waals surface area contributed by atoms with Gasteiger partial charge in [-0.15, -0.1) is 0 Å². The molecule has 3 fully saturated rings. The molecule has 2 aliphatic heterocycles. The number of hydrogen-bond acceptors (Lipinski definition) is 1. The topological polar surface area (TPSA) is 23.6 Å². The van der Waals surface area contributed by atoms with E-state index >= 15 is 0 Å². The SMILES string of the molecule is CN1C(=O)N2CCC3(CC3)[C@H]1C2. The van der Waals surface area contributed by atoms with E-state index in [1.807, 2.05) is 16.8 Å². The Balaban J connectivity index is 1.96. The third kappa shape index (κ3) is 0.609. The summed E-state index contributed by atoms with van der Waals surface area (Å²) in [6, 6.07) is 0.794. The minimum absolute atomic E-state index is 0.253. The molecule has 1 spiro atoms. The fourth-order valence-corrected chi connectivity index (χ4v) is 2.83. The van der Waals surface area contributed by atoms with Gasteiger partial charge in [-0.2, -0.15) is 0 Å². The van der Waals surface area contributed by atoms with Crippen LogP contribution < -0.4 is 0 Å². The quantitative estimate of drug-likeness (QED) is 0.524. The number of nitrogens with zero attached hydrogens (tertiary/aromatic N) is 2. The molecule has 2 heterocycles. The molecule has 12 heavy (non-hydrogen) atoms. The smallest absolute Gasteiger partial charge is 0.320 e. The van der Waals surface area contributed by atoms with Gasteiger partial charge in [0.1, 0.15) is 0 Å². The van der Waals surface area contributed by atoms with E-state index in [-0.39, 0.29) is 6.03 Å². The zero-order valence-electron chi connectivity index (χ0n) is 7.42. The zero-order valence-corrected chi connectivity index (χ0v) is 7.42. The lowest BCUT2D eigenvalue weighted by Gasteiger charge is -2.30. The van der Waals surface area contributed by atoms with E-state index < -0.39 is 0 Å². The molecule has 66 valence electrons. The van der Waals surface area contributed by atoms with Crippen molar-refractivity contribution in [3.05, 3.63) is 0 Å². The third-order valence-corrected chi connectivity index (χ3v) is 3.91. The Hall–Kier alpha value is -0.730. The van der Waals surface area contributed by atoms with Crippen LogP contribution in [-0.2, 0) is 0 Å². The molecule has 0 unspecified atom stereocenters. The highest BCUT2D eigenvalue weighted by Crippen LogP contribution is 2.56. The molecule has 1 aliphatic carbocycles. The van der Waals surface area contributed by atoms with Gasteiger partial charge in [0.05, 0.1) is 6.04 Å². The van der Waals surface area contributed by atoms with Gasteiger partial charge in [-0.1, -0.05) is 0 Å². The first kappa shape index (κ1) is 6.75. The van der Waals surface area contributed by atoms with Gasteiger partial charge in [-0.25, -0.2) is 4.79 Å². The summed E-state index contributed by atoms with van der Waals surface area (Å²) in [5.41, 5.74) is 0.553. The Labute approximate surface area is 72.3 Å². The van der Waals surface area contributed by atoms with Gasteiger partial charge in [0.2, 0.25) is 0 Å². The van der Waals surface area contributed by atoms with E-state index in [1.165, 1.54) is 19.3 Å². The number of amides is 2. The number of likely N-dealkylation sites (N-methyl/N-ethyl adjacent to an activating group) is 1. The van der Waals surface area contributed by atoms with Crippen LogP contribution >= 0.6 is 0 Å². The molecular weight excluding hydrogens is 152 g/mol. The summed E-state index contributed by atoms with van der Waals surface area (Å²) < 4.78 is 0. The van der Waals surface area contributed by atoms with Crippen LogP contribution in [0.15, 0.2) is 0 Å². The normalized spacial score (nSPS) is 36.4. The molecule has 3 heteroatoms. The number of hydrogen-bond donors (Lipinski definition) is 0. The van der Waals surface area contributed by atoms with Crippen molar-refractivity contribution >= 4 is 6.03 Å². The first-order chi connectivity index (χ1) is 5.73. The van der Waals surface area contributed by atoms with Crippen molar-refractivity contribution < 1.29 is 4.79 Å². The Morgan fingerprint density at radius 2 is 2.17 bits per heavy atom. The summed E-state index contributed by atoms with van der Waals surface area (Å²) >= 11 is 0. The van der Waals surface area contributed by atoms with Gasteiger partial charge in [0, 0.05) is 20.1 Å². The monoisotopic (exact) mass is 166 g/mol. The van der Waals surface area contributed by atoms with Crippen molar-refractivity contribution in [2.24, 2.45) is 5.41 Å². The Morgan fingerprint density at radius 3 is 2.83 bits per heavy atom. The van der Waals surface area contributed by atoms with E-state index in [9.17, 15) is 4.79 Å². The Morgan fingerprint density at radius 1 is 1.42 bits per heavy atom. The minimum atomic E-state index is 0.253. The highest BCUT2D eigenvalue weighted by Gasteiger charge is 2.58. The average molecular weight is 166 g/mol. The van der Waals surface area contributed by atoms with Crippen molar-refractivity contribution in [3.8, 4) is 0 Å². The van der Waals surface area contributed by atoms with E-state index in [4.69, 9.17) is 0 Å². The van der Waals surface area contributed by atoms with Crippen molar-refractivity contribution in [1.82, 2.24) is 9.80 Å². The van der Waals surface area contributed by atoms with Crippen molar-refractivity contribution in [1.29, 1.82) is 0 Å². The number of urea groups is 1. The Bertz CT molecular complexity index is 247. The maximum Gasteiger partial charge on any atom is 0.320 e. The first-order valence-corrected chi connectivity index (χ1v) is 4.75. The van der Waals surface area contributed by atoms with Gasteiger partial charge in [-0.05, 0) is 24.7 Å². The lowest BCUT2D eigenvalue weighted by molar-refractivity contribution is 0.195. The van der Waals surface area contributed by atoms with Gasteiger partial charge >= 0.3 is 6.03 Å². The molecule has 0 N–H and O–H groups in total. The largest absolute Gasteiger partial charge is 0.323 e. The highest BCUT2D eigenvalue weighted by atomic mass is 16.2. The number of piperidine rings is 1. The van der Waals surface area contributed by atoms with Gasteiger partial charge in [0.15, 0.2) is 0 Å². The molecule has 0 aromatic rings. The van der Waals surface area contributed by atoms with Crippen molar-refractivity contribution in [2.45, 2.75) is 25.3 Å². The fourth-order valence-electron chi connectivity index (χ4n) is 2.83. The Kier molecular flexibility index (Phi) is 1.00. The van der Waals surface area contributed by atoms with Gasteiger partial charge in [-0.3, -0.25) is 0 Å². The van der Waals surface area contributed by atoms with Crippen LogP contribution in [0.2, 0.25) is 0 Å². The number of rotatable bonds is 0. The molecule has 1 saturated carbocycles. The lowest BCUT2D eigenvalue weighted by atomic mass is 9.89. The molecule has 0 aromatic carbocycles. The second-order valence-corrected chi connectivity index (χ2v) is 4.47. The summed E-state index contributed by atoms with van der Waals surface area (Å²) in [6.45, 7) is 2.00. The predicted molar refractivity (Wildman–Crippen MR) is 44.8 cm³/mol. The molecule has 0 aromatic heterocycles. The molecule has 3 aliphatic rings. The number of fused-ring (bicyclic) bond motifs is 3. The van der Waals surface area contributed by atoms with Crippen LogP contribution in [0, 0.1) is 5.41 Å². The maximum absolute atomic E-state index is 11.6. The van der Waals surface area contributed by atoms with Gasteiger partial charge in [0.25, 0.3) is 0 Å². The van der Waals surface area contributed by atoms with Crippen LogP contribution in [-0.4, -0.2) is 42.0 Å². The van der Waals surface area contributed by atoms with Crippen molar-refractivity contribution in [2.75, 3.05) is 20.1 Å². The average Bonchev–Trinajstić information content (AvgIpc) is 2.80. The maximum atomic E-state index is 11.6. The summed E-state index contributed by atoms with van der Waals surface area (Å²) in [4.78, 5) is 15.5. The number of carbonyl (C=O) groups is 1. The van der Waals surface area contributed by atoms with E-state index in [2.05, 4.69) is 0 Å². The molecule has 2 amide bonds. The molecule has 2 bridgehead atoms. The van der Waals surface area contributed by atoms with Crippen molar-refractivity contribution in [3.63, 3.8) is 0 Å². The van der Waals surface area contributed by atoms with E-state index in [0.717, 1.165) is 13.1 Å². The summed E-state index contributed by atoms with van der Waals surface area (Å²) in [5.74, 6) is 0. The lowest BCUT2D eigenvalue weighted by Crippen LogP contribution is -2.39. The predicted octanol–water partition coefficient (Wildman–Crippen LogP) is 0.906. The molecular formula is C9H14N2O. The molecule has 2 saturated heterocycles. The van der Waals surface area contributed by atoms with Crippen LogP contribution in [0.3, 0.4) is 0 Å². The van der Waals surface area contributed by atoms with Crippen LogP contribution in [0.1, 0.15) is 19.3 Å². The molecule has 3 rings (SSSR count). The van der Waals surface area contributed by atoms with E-state index in [0.29, 0.717) is 11.5 Å². The zero-order chi connectivity index (χ0) is 8.34. The minimum Gasteiger partial charge on any atom is -0.323 e.